The van der Waals surface area contributed by atoms with Gasteiger partial charge in [0.05, 0.1) is 17.9 Å². The first-order valence-corrected chi connectivity index (χ1v) is 7.86. The number of fused-ring (bicyclic) bond motifs is 1. The molecule has 0 saturated carbocycles. The van der Waals surface area contributed by atoms with Gasteiger partial charge in [-0.3, -0.25) is 9.59 Å². The number of esters is 1. The zero-order valence-electron chi connectivity index (χ0n) is 13.9. The van der Waals surface area contributed by atoms with Crippen LogP contribution in [-0.2, 0) is 14.3 Å². The van der Waals surface area contributed by atoms with Gasteiger partial charge in [-0.1, -0.05) is 12.1 Å². The van der Waals surface area contributed by atoms with Gasteiger partial charge in [-0.25, -0.2) is 4.79 Å². The van der Waals surface area contributed by atoms with Crippen molar-refractivity contribution in [3.8, 4) is 11.5 Å². The number of hydrogen-bond acceptors (Lipinski definition) is 6. The Kier molecular flexibility index (Phi) is 5.02. The molecule has 26 heavy (non-hydrogen) atoms. The monoisotopic (exact) mass is 356 g/mol. The lowest BCUT2D eigenvalue weighted by Crippen LogP contribution is -2.29. The lowest BCUT2D eigenvalue weighted by atomic mass is 10.2. The molecule has 8 nitrogen and oxygen atoms in total. The Labute approximate surface area is 149 Å². The van der Waals surface area contributed by atoms with Crippen molar-refractivity contribution in [3.05, 3.63) is 48.0 Å². The fourth-order valence-electron chi connectivity index (χ4n) is 2.32. The summed E-state index contributed by atoms with van der Waals surface area (Å²) in [7, 11) is 0. The van der Waals surface area contributed by atoms with Crippen molar-refractivity contribution in [1.29, 1.82) is 0 Å². The Hall–Kier alpha value is -3.55. The van der Waals surface area contributed by atoms with Crippen LogP contribution < -0.4 is 20.1 Å². The highest BCUT2D eigenvalue weighted by Crippen LogP contribution is 2.34. The number of nitrogens with one attached hydrogen (secondary N) is 2. The van der Waals surface area contributed by atoms with Gasteiger partial charge in [0.1, 0.15) is 0 Å². The van der Waals surface area contributed by atoms with E-state index in [1.54, 1.807) is 37.3 Å². The molecule has 0 atom stereocenters. The van der Waals surface area contributed by atoms with Crippen LogP contribution in [0.2, 0.25) is 0 Å². The quantitative estimate of drug-likeness (QED) is 0.643. The van der Waals surface area contributed by atoms with Gasteiger partial charge in [-0.05, 0) is 31.2 Å². The SMILES string of the molecule is CCOC(=O)c1ccccc1NC(=O)C(=O)Nc1ccc2c(c1)OCO2. The minimum Gasteiger partial charge on any atom is -0.462 e. The highest BCUT2D eigenvalue weighted by atomic mass is 16.7. The molecule has 0 aliphatic carbocycles. The molecule has 0 unspecified atom stereocenters. The lowest BCUT2D eigenvalue weighted by Gasteiger charge is -2.10. The van der Waals surface area contributed by atoms with Gasteiger partial charge in [0.25, 0.3) is 0 Å². The number of carbonyl (C=O) groups excluding carboxylic acids is 3. The topological polar surface area (TPSA) is 103 Å². The average Bonchev–Trinajstić information content (AvgIpc) is 3.10. The maximum Gasteiger partial charge on any atom is 0.340 e. The van der Waals surface area contributed by atoms with Crippen LogP contribution >= 0.6 is 0 Å². The van der Waals surface area contributed by atoms with E-state index < -0.39 is 17.8 Å². The molecular formula is C18H16N2O6. The Morgan fingerprint density at radius 2 is 1.73 bits per heavy atom. The molecule has 0 radical (unpaired) electrons. The summed E-state index contributed by atoms with van der Waals surface area (Å²) in [6, 6.07) is 11.1. The Balaban J connectivity index is 1.68. The van der Waals surface area contributed by atoms with Crippen LogP contribution in [0.15, 0.2) is 42.5 Å². The summed E-state index contributed by atoms with van der Waals surface area (Å²) < 4.78 is 15.3. The molecule has 8 heteroatoms. The second-order valence-corrected chi connectivity index (χ2v) is 5.24. The molecule has 3 rings (SSSR count). The van der Waals surface area contributed by atoms with Gasteiger partial charge in [-0.15, -0.1) is 0 Å². The van der Waals surface area contributed by atoms with Gasteiger partial charge in [-0.2, -0.15) is 0 Å². The number of para-hydroxylation sites is 1. The first-order chi connectivity index (χ1) is 12.6. The lowest BCUT2D eigenvalue weighted by molar-refractivity contribution is -0.133. The second-order valence-electron chi connectivity index (χ2n) is 5.24. The van der Waals surface area contributed by atoms with Crippen molar-refractivity contribution in [2.45, 2.75) is 6.92 Å². The first kappa shape index (κ1) is 17.3. The van der Waals surface area contributed by atoms with Crippen molar-refractivity contribution in [2.75, 3.05) is 24.0 Å². The zero-order chi connectivity index (χ0) is 18.5. The van der Waals surface area contributed by atoms with E-state index in [1.807, 2.05) is 0 Å². The summed E-state index contributed by atoms with van der Waals surface area (Å²) in [6.45, 7) is 1.99. The third-order valence-corrected chi connectivity index (χ3v) is 3.51. The van der Waals surface area contributed by atoms with Crippen LogP contribution in [0.5, 0.6) is 11.5 Å². The molecule has 1 aliphatic heterocycles. The maximum atomic E-state index is 12.2. The van der Waals surface area contributed by atoms with Crippen LogP contribution in [0.25, 0.3) is 0 Å². The van der Waals surface area contributed by atoms with Crippen LogP contribution in [0.1, 0.15) is 17.3 Å². The van der Waals surface area contributed by atoms with Gasteiger partial charge in [0.15, 0.2) is 11.5 Å². The minimum atomic E-state index is -0.917. The Morgan fingerprint density at radius 3 is 2.54 bits per heavy atom. The van der Waals surface area contributed by atoms with E-state index >= 15 is 0 Å². The average molecular weight is 356 g/mol. The molecule has 2 amide bonds. The molecule has 0 aromatic heterocycles. The summed E-state index contributed by atoms with van der Waals surface area (Å²) in [5, 5.41) is 4.88. The highest BCUT2D eigenvalue weighted by molar-refractivity contribution is 6.44. The fraction of sp³-hybridized carbons (Fsp3) is 0.167. The predicted octanol–water partition coefficient (Wildman–Crippen LogP) is 2.17. The summed E-state index contributed by atoms with van der Waals surface area (Å²) in [5.41, 5.74) is 0.739. The molecule has 1 heterocycles. The van der Waals surface area contributed by atoms with E-state index in [0.717, 1.165) is 0 Å². The van der Waals surface area contributed by atoms with Crippen LogP contribution in [0.4, 0.5) is 11.4 Å². The van der Waals surface area contributed by atoms with E-state index in [-0.39, 0.29) is 24.7 Å². The van der Waals surface area contributed by atoms with Crippen molar-refractivity contribution in [2.24, 2.45) is 0 Å². The summed E-state index contributed by atoms with van der Waals surface area (Å²) in [4.78, 5) is 36.2. The molecule has 0 saturated heterocycles. The van der Waals surface area contributed by atoms with E-state index in [9.17, 15) is 14.4 Å². The number of rotatable bonds is 4. The summed E-state index contributed by atoms with van der Waals surface area (Å²) >= 11 is 0. The van der Waals surface area contributed by atoms with E-state index in [2.05, 4.69) is 10.6 Å². The number of benzene rings is 2. The van der Waals surface area contributed by atoms with Crippen molar-refractivity contribution >= 4 is 29.2 Å². The van der Waals surface area contributed by atoms with E-state index in [1.165, 1.54) is 12.1 Å². The Bertz CT molecular complexity index is 865. The standard InChI is InChI=1S/C18H16N2O6/c1-2-24-18(23)12-5-3-4-6-13(12)20-17(22)16(21)19-11-7-8-14-15(9-11)26-10-25-14/h3-9H,2,10H2,1H3,(H,19,21)(H,20,22). The smallest absolute Gasteiger partial charge is 0.340 e. The van der Waals surface area contributed by atoms with Gasteiger partial charge < -0.3 is 24.8 Å². The highest BCUT2D eigenvalue weighted by Gasteiger charge is 2.20. The number of anilines is 2. The first-order valence-electron chi connectivity index (χ1n) is 7.86. The fourth-order valence-corrected chi connectivity index (χ4v) is 2.32. The Morgan fingerprint density at radius 1 is 1.00 bits per heavy atom. The molecular weight excluding hydrogens is 340 g/mol. The normalized spacial score (nSPS) is 11.6. The third kappa shape index (κ3) is 3.75. The molecule has 1 aliphatic rings. The largest absolute Gasteiger partial charge is 0.462 e. The molecule has 0 bridgehead atoms. The summed E-state index contributed by atoms with van der Waals surface area (Å²) in [5.74, 6) is -1.34. The van der Waals surface area contributed by atoms with Gasteiger partial charge in [0, 0.05) is 11.8 Å². The van der Waals surface area contributed by atoms with Crippen LogP contribution in [0, 0.1) is 0 Å². The molecule has 2 aromatic rings. The third-order valence-electron chi connectivity index (χ3n) is 3.51. The molecule has 2 aromatic carbocycles. The number of ether oxygens (including phenoxy) is 3. The summed E-state index contributed by atoms with van der Waals surface area (Å²) in [6.07, 6.45) is 0. The van der Waals surface area contributed by atoms with E-state index in [4.69, 9.17) is 14.2 Å². The minimum absolute atomic E-state index is 0.109. The van der Waals surface area contributed by atoms with Crippen LogP contribution in [0.3, 0.4) is 0 Å². The zero-order valence-corrected chi connectivity index (χ0v) is 13.9. The van der Waals surface area contributed by atoms with E-state index in [0.29, 0.717) is 17.2 Å². The van der Waals surface area contributed by atoms with Gasteiger partial charge >= 0.3 is 17.8 Å². The van der Waals surface area contributed by atoms with Crippen molar-refractivity contribution in [3.63, 3.8) is 0 Å². The molecule has 0 spiro atoms. The predicted molar refractivity (Wildman–Crippen MR) is 92.2 cm³/mol. The van der Waals surface area contributed by atoms with Crippen molar-refractivity contribution in [1.82, 2.24) is 0 Å². The van der Waals surface area contributed by atoms with Crippen molar-refractivity contribution < 1.29 is 28.6 Å². The number of hydrogen-bond donors (Lipinski definition) is 2. The second kappa shape index (κ2) is 7.56. The van der Waals surface area contributed by atoms with Crippen LogP contribution in [-0.4, -0.2) is 31.2 Å². The van der Waals surface area contributed by atoms with Gasteiger partial charge in [0.2, 0.25) is 6.79 Å². The maximum absolute atomic E-state index is 12.2. The molecule has 2 N–H and O–H groups in total. The number of carbonyl (C=O) groups is 3. The molecule has 134 valence electrons. The number of amides is 2. The molecule has 0 fully saturated rings.